The van der Waals surface area contributed by atoms with Gasteiger partial charge in [0.2, 0.25) is 11.4 Å². The third-order valence-electron chi connectivity index (χ3n) is 9.85. The molecule has 288 valence electrons. The Morgan fingerprint density at radius 2 is 1.02 bits per heavy atom. The summed E-state index contributed by atoms with van der Waals surface area (Å²) in [5.74, 6) is 0. The van der Waals surface area contributed by atoms with Crippen molar-refractivity contribution in [2.75, 3.05) is 0 Å². The summed E-state index contributed by atoms with van der Waals surface area (Å²) in [5, 5.41) is 2.78. The monoisotopic (exact) mass is 739 g/mol. The van der Waals surface area contributed by atoms with Gasteiger partial charge in [0.15, 0.2) is 0 Å². The van der Waals surface area contributed by atoms with Crippen LogP contribution in [-0.4, -0.2) is 4.70 Å². The maximum absolute atomic E-state index is 11.8. The molecule has 0 atom stereocenters. The molecular formula is C48H76N2Ni. The van der Waals surface area contributed by atoms with E-state index in [1.807, 2.05) is 14.4 Å². The van der Waals surface area contributed by atoms with Crippen molar-refractivity contribution in [3.63, 3.8) is 0 Å². The van der Waals surface area contributed by atoms with Crippen LogP contribution in [0.4, 0.5) is 0 Å². The van der Waals surface area contributed by atoms with Crippen molar-refractivity contribution in [1.82, 2.24) is 0 Å². The molecule has 0 aliphatic carbocycles. The molecule has 0 saturated heterocycles. The van der Waals surface area contributed by atoms with E-state index in [0.717, 1.165) is 48.2 Å². The topological polar surface area (TPSA) is 25.3 Å². The summed E-state index contributed by atoms with van der Waals surface area (Å²) in [7, 11) is 0. The quantitative estimate of drug-likeness (QED) is 0.0495. The fraction of sp³-hybridized carbons (Fsp3) is 0.625. The normalized spacial score (nSPS) is 13.2. The summed E-state index contributed by atoms with van der Waals surface area (Å²) < 4.78 is 1.50. The van der Waals surface area contributed by atoms with Crippen molar-refractivity contribution < 1.29 is 19.1 Å². The van der Waals surface area contributed by atoms with Gasteiger partial charge in [-0.25, -0.2) is 4.70 Å². The van der Waals surface area contributed by atoms with Crippen LogP contribution in [0.15, 0.2) is 71.8 Å². The van der Waals surface area contributed by atoms with E-state index >= 15 is 0 Å². The molecule has 1 aliphatic heterocycles. The van der Waals surface area contributed by atoms with Crippen molar-refractivity contribution >= 4 is 11.4 Å². The first-order valence-electron chi connectivity index (χ1n) is 21.3. The third-order valence-corrected chi connectivity index (χ3v) is 11.2. The summed E-state index contributed by atoms with van der Waals surface area (Å²) in [6.45, 7) is 13.5. The number of rotatable bonds is 27. The van der Waals surface area contributed by atoms with Gasteiger partial charge in [-0.1, -0.05) is 135 Å². The Morgan fingerprint density at radius 1 is 0.549 bits per heavy atom. The summed E-state index contributed by atoms with van der Waals surface area (Å²) in [6, 6.07) is 17.7. The predicted molar refractivity (Wildman–Crippen MR) is 223 cm³/mol. The van der Waals surface area contributed by atoms with Crippen LogP contribution in [0.25, 0.3) is 16.9 Å². The molecule has 3 rings (SSSR count). The maximum atomic E-state index is 11.8. The van der Waals surface area contributed by atoms with Gasteiger partial charge < -0.3 is 5.53 Å². The van der Waals surface area contributed by atoms with Crippen LogP contribution in [0.2, 0.25) is 10.8 Å². The molecule has 2 nitrogen and oxygen atoms in total. The standard InChI is InChI=1S/C40H58N2.2C4H9.Ni/c1-5-9-12-13-14-15-16-17-18-19-20-21-30-38-37(8-4)39(35-28-22-26-33(31-35)24-10-6-2)42(41)40(38)36-29-23-27-34(32-36)25-11-7-3;2*1-3-4-2;/h21-23,26-32H,5-20,24-25H2,1-4H3;2*1,3-4H2,2H3;. The van der Waals surface area contributed by atoms with E-state index in [0.29, 0.717) is 0 Å². The molecule has 0 bridgehead atoms. The molecule has 0 saturated carbocycles. The van der Waals surface area contributed by atoms with Crippen molar-refractivity contribution in [3.05, 3.63) is 99.6 Å². The van der Waals surface area contributed by atoms with E-state index < -0.39 is 0 Å². The van der Waals surface area contributed by atoms with Crippen molar-refractivity contribution in [1.29, 1.82) is 0 Å². The minimum atomic E-state index is 0.878. The van der Waals surface area contributed by atoms with E-state index in [1.54, 1.807) is 0 Å². The molecule has 1 heterocycles. The average Bonchev–Trinajstić information content (AvgIpc) is 3.44. The fourth-order valence-electron chi connectivity index (χ4n) is 6.66. The van der Waals surface area contributed by atoms with Crippen LogP contribution in [0, 0.1) is 0 Å². The molecule has 0 N–H and O–H groups in total. The number of aryl methyl sites for hydroxylation is 2. The van der Waals surface area contributed by atoms with Gasteiger partial charge >= 0.3 is 64.8 Å². The summed E-state index contributed by atoms with van der Waals surface area (Å²) in [5.41, 5.74) is 21.0. The summed E-state index contributed by atoms with van der Waals surface area (Å²) in [4.78, 5) is 0. The molecule has 0 unspecified atom stereocenters. The molecule has 0 fully saturated rings. The molecule has 0 amide bonds. The van der Waals surface area contributed by atoms with Gasteiger partial charge in [-0.2, -0.15) is 0 Å². The van der Waals surface area contributed by atoms with Crippen LogP contribution in [0.3, 0.4) is 0 Å². The molecule has 0 aromatic heterocycles. The van der Waals surface area contributed by atoms with Gasteiger partial charge in [-0.15, -0.1) is 0 Å². The van der Waals surface area contributed by atoms with Crippen LogP contribution in [0.5, 0.6) is 0 Å². The fourth-order valence-corrected chi connectivity index (χ4v) is 8.10. The SMILES string of the molecule is CCCCCCCCCCCCC=CC1=C(c2cccc(CCCC)c2)[N+](=[N-])C(c2cccc(CCCC)c2)=C1CC.CCC[CH2][Ni][CH2]CCC. The number of nitrogens with zero attached hydrogens (tertiary/aromatic N) is 2. The Bertz CT molecular complexity index is 1310. The number of hydrogen-bond donors (Lipinski definition) is 0. The summed E-state index contributed by atoms with van der Waals surface area (Å²) >= 11 is 1.94. The molecular weight excluding hydrogens is 663 g/mol. The second-order valence-electron chi connectivity index (χ2n) is 14.4. The van der Waals surface area contributed by atoms with E-state index in [1.165, 1.54) is 153 Å². The van der Waals surface area contributed by atoms with Crippen molar-refractivity contribution in [2.45, 2.75) is 194 Å². The van der Waals surface area contributed by atoms with E-state index in [2.05, 4.69) is 102 Å². The van der Waals surface area contributed by atoms with Gasteiger partial charge in [0.25, 0.3) is 0 Å². The van der Waals surface area contributed by atoms with Crippen LogP contribution < -0.4 is 0 Å². The predicted octanol–water partition coefficient (Wildman–Crippen LogP) is 16.3. The van der Waals surface area contributed by atoms with Gasteiger partial charge in [-0.3, -0.25) is 0 Å². The summed E-state index contributed by atoms with van der Waals surface area (Å²) in [6.07, 6.45) is 32.7. The molecule has 2 aromatic rings. The van der Waals surface area contributed by atoms with Crippen molar-refractivity contribution in [3.8, 4) is 0 Å². The second kappa shape index (κ2) is 29.2. The van der Waals surface area contributed by atoms with Crippen molar-refractivity contribution in [2.24, 2.45) is 0 Å². The Morgan fingerprint density at radius 3 is 1.51 bits per heavy atom. The minimum absolute atomic E-state index is 0.878. The molecule has 0 spiro atoms. The zero-order valence-electron chi connectivity index (χ0n) is 34.0. The second-order valence-corrected chi connectivity index (χ2v) is 15.9. The van der Waals surface area contributed by atoms with Gasteiger partial charge in [0.05, 0.1) is 5.57 Å². The number of unbranched alkanes of at least 4 members (excludes halogenated alkanes) is 14. The Balaban J connectivity index is 0.000000880. The first kappa shape index (κ1) is 44.9. The average molecular weight is 740 g/mol. The van der Waals surface area contributed by atoms with Crippen LogP contribution in [-0.2, 0) is 27.3 Å². The van der Waals surface area contributed by atoms with E-state index in [4.69, 9.17) is 0 Å². The molecule has 1 aliphatic rings. The molecule has 2 aromatic carbocycles. The van der Waals surface area contributed by atoms with Gasteiger partial charge in [0, 0.05) is 16.7 Å². The van der Waals surface area contributed by atoms with Gasteiger partial charge in [-0.05, 0) is 80.3 Å². The first-order valence-corrected chi connectivity index (χ1v) is 22.7. The van der Waals surface area contributed by atoms with E-state index in [-0.39, 0.29) is 0 Å². The molecule has 51 heavy (non-hydrogen) atoms. The Kier molecular flexibility index (Phi) is 25.7. The number of allylic oxidation sites excluding steroid dienone is 4. The molecule has 0 radical (unpaired) electrons. The number of benzene rings is 2. The number of hydrogen-bond acceptors (Lipinski definition) is 0. The van der Waals surface area contributed by atoms with E-state index in [9.17, 15) is 5.53 Å². The van der Waals surface area contributed by atoms with Gasteiger partial charge in [0.1, 0.15) is 0 Å². The van der Waals surface area contributed by atoms with Crippen LogP contribution in [0.1, 0.15) is 192 Å². The Labute approximate surface area is 322 Å². The third kappa shape index (κ3) is 17.4. The molecule has 3 heteroatoms. The zero-order valence-corrected chi connectivity index (χ0v) is 34.9. The van der Waals surface area contributed by atoms with Crippen LogP contribution >= 0.6 is 0 Å². The zero-order chi connectivity index (χ0) is 36.9. The Hall–Kier alpha value is -2.25. The first-order chi connectivity index (χ1) is 25.1.